The third-order valence-electron chi connectivity index (χ3n) is 1.77. The van der Waals surface area contributed by atoms with E-state index < -0.39 is 0 Å². The molecule has 109 valence electrons. The summed E-state index contributed by atoms with van der Waals surface area (Å²) in [5, 5.41) is 0. The van der Waals surface area contributed by atoms with Crippen molar-refractivity contribution in [2.24, 2.45) is 0 Å². The van der Waals surface area contributed by atoms with Crippen LogP contribution in [0.5, 0.6) is 0 Å². The van der Waals surface area contributed by atoms with Gasteiger partial charge < -0.3 is 20.6 Å². The normalized spacial score (nSPS) is 8.40. The van der Waals surface area contributed by atoms with E-state index in [1.165, 1.54) is 11.1 Å². The zero-order chi connectivity index (χ0) is 12.0. The van der Waals surface area contributed by atoms with Gasteiger partial charge in [0.05, 0.1) is 0 Å². The third kappa shape index (κ3) is 13.9. The van der Waals surface area contributed by atoms with Crippen LogP contribution in [0.2, 0.25) is 0 Å². The minimum Gasteiger partial charge on any atom is -0.673 e. The van der Waals surface area contributed by atoms with Gasteiger partial charge in [-0.2, -0.15) is 23.8 Å². The van der Waals surface area contributed by atoms with Crippen LogP contribution >= 0.6 is 0 Å². The Labute approximate surface area is 145 Å². The van der Waals surface area contributed by atoms with E-state index >= 15 is 0 Å². The molecule has 0 saturated heterocycles. The molecule has 0 unspecified atom stereocenters. The molecule has 1 N–H and O–H groups in total. The summed E-state index contributed by atoms with van der Waals surface area (Å²) in [5.41, 5.74) is 9.27. The summed E-state index contributed by atoms with van der Waals surface area (Å²) in [6.45, 7) is 5.56. The predicted octanol–water partition coefficient (Wildman–Crippen LogP) is 4.62. The molecule has 0 spiro atoms. The molecular formula is C17H28NSiTi. The molecule has 2 aromatic carbocycles. The summed E-state index contributed by atoms with van der Waals surface area (Å²) in [7, 11) is 0. The van der Waals surface area contributed by atoms with Crippen molar-refractivity contribution in [3.8, 4) is 11.1 Å². The van der Waals surface area contributed by atoms with Crippen LogP contribution in [0.4, 0.5) is 0 Å². The van der Waals surface area contributed by atoms with E-state index in [1.54, 1.807) is 0 Å². The topological polar surface area (TPSA) is 23.8 Å². The van der Waals surface area contributed by atoms with Crippen LogP contribution < -0.4 is 0 Å². The molecule has 2 rings (SSSR count). The maximum atomic E-state index is 6.94. The van der Waals surface area contributed by atoms with Gasteiger partial charge in [-0.3, -0.25) is 0 Å². The molecule has 20 heavy (non-hydrogen) atoms. The molecular weight excluding hydrogens is 294 g/mol. The van der Waals surface area contributed by atoms with Crippen molar-refractivity contribution < 1.29 is 21.7 Å². The molecule has 0 saturated carbocycles. The van der Waals surface area contributed by atoms with Gasteiger partial charge in [0.25, 0.3) is 0 Å². The van der Waals surface area contributed by atoms with Crippen LogP contribution in [-0.4, -0.2) is 16.5 Å². The summed E-state index contributed by atoms with van der Waals surface area (Å²) >= 11 is 0. The summed E-state index contributed by atoms with van der Waals surface area (Å²) in [4.78, 5) is 0. The SMILES string of the molecule is CC(C)(C)[NH-].[CH3-].[CH3-].[SiH3].[Ti+4].c1ccc(-c2cc[cH-]c2)cc1. The number of hydrogen-bond acceptors (Lipinski definition) is 0. The number of benzene rings is 1. The van der Waals surface area contributed by atoms with Crippen molar-refractivity contribution in [1.29, 1.82) is 0 Å². The van der Waals surface area contributed by atoms with Gasteiger partial charge in [0.1, 0.15) is 0 Å². The second-order valence-electron chi connectivity index (χ2n) is 4.79. The Balaban J connectivity index is -0.000000128. The van der Waals surface area contributed by atoms with Crippen LogP contribution in [0.25, 0.3) is 16.9 Å². The van der Waals surface area contributed by atoms with Crippen LogP contribution in [-0.2, 0) is 21.7 Å². The van der Waals surface area contributed by atoms with E-state index in [1.807, 2.05) is 26.8 Å². The molecule has 0 aliphatic rings. The Morgan fingerprint density at radius 1 is 0.900 bits per heavy atom. The smallest absolute Gasteiger partial charge is 0.673 e. The van der Waals surface area contributed by atoms with E-state index in [2.05, 4.69) is 48.5 Å². The fourth-order valence-electron chi connectivity index (χ4n) is 1.20. The zero-order valence-electron chi connectivity index (χ0n) is 13.7. The largest absolute Gasteiger partial charge is 4.00 e. The van der Waals surface area contributed by atoms with Crippen LogP contribution in [0.15, 0.2) is 54.6 Å². The fraction of sp³-hybridized carbons (Fsp3) is 0.235. The average Bonchev–Trinajstić information content (AvgIpc) is 2.69. The Hall–Kier alpha value is -0.539. The number of hydrogen-bond donors (Lipinski definition) is 0. The number of rotatable bonds is 1. The zero-order valence-corrected chi connectivity index (χ0v) is 17.3. The molecule has 0 bridgehead atoms. The molecule has 0 aromatic heterocycles. The van der Waals surface area contributed by atoms with Gasteiger partial charge in [-0.25, -0.2) is 6.07 Å². The molecule has 0 aliphatic carbocycles. The van der Waals surface area contributed by atoms with E-state index in [0.717, 1.165) is 0 Å². The molecule has 0 atom stereocenters. The molecule has 0 fully saturated rings. The standard InChI is InChI=1S/C11H9.C4H10N.2CH3.H3Si.Ti/c1-2-6-10(7-3-1)11-8-4-5-9-11;1-4(2,3)5;;;;/h1-9H;5H,1-3H3;3*1H3;/q4*-1;;+4. The fourth-order valence-corrected chi connectivity index (χ4v) is 1.20. The monoisotopic (exact) mass is 322 g/mol. The second kappa shape index (κ2) is 13.4. The van der Waals surface area contributed by atoms with Crippen LogP contribution in [0, 0.1) is 14.9 Å². The van der Waals surface area contributed by atoms with Gasteiger partial charge in [0.2, 0.25) is 0 Å². The van der Waals surface area contributed by atoms with Gasteiger partial charge in [-0.1, -0.05) is 56.7 Å². The molecule has 3 heteroatoms. The molecule has 0 aliphatic heterocycles. The summed E-state index contributed by atoms with van der Waals surface area (Å²) in [6.07, 6.45) is 0. The second-order valence-corrected chi connectivity index (χ2v) is 4.79. The molecule has 0 heterocycles. The summed E-state index contributed by atoms with van der Waals surface area (Å²) < 4.78 is 0. The van der Waals surface area contributed by atoms with E-state index in [-0.39, 0.29) is 53.1 Å². The van der Waals surface area contributed by atoms with Crippen molar-refractivity contribution in [3.05, 3.63) is 75.2 Å². The van der Waals surface area contributed by atoms with Gasteiger partial charge in [-0.15, -0.1) is 5.54 Å². The first-order chi connectivity index (χ1) is 7.47. The summed E-state index contributed by atoms with van der Waals surface area (Å²) in [5.74, 6) is 0. The van der Waals surface area contributed by atoms with Crippen LogP contribution in [0.1, 0.15) is 20.8 Å². The van der Waals surface area contributed by atoms with E-state index in [9.17, 15) is 0 Å². The van der Waals surface area contributed by atoms with E-state index in [4.69, 9.17) is 5.73 Å². The average molecular weight is 322 g/mol. The van der Waals surface area contributed by atoms with Gasteiger partial charge in [0, 0.05) is 0 Å². The van der Waals surface area contributed by atoms with Gasteiger partial charge >= 0.3 is 21.7 Å². The van der Waals surface area contributed by atoms with Crippen molar-refractivity contribution >= 4 is 11.0 Å². The molecule has 1 radical (unpaired) electrons. The number of nitrogens with one attached hydrogen (secondary N) is 1. The van der Waals surface area contributed by atoms with Crippen LogP contribution in [0.3, 0.4) is 0 Å². The quantitative estimate of drug-likeness (QED) is 0.540. The molecule has 2 aromatic rings. The van der Waals surface area contributed by atoms with Crippen molar-refractivity contribution in [2.45, 2.75) is 26.3 Å². The first-order valence-electron chi connectivity index (χ1n) is 5.49. The first-order valence-corrected chi connectivity index (χ1v) is 5.49. The maximum absolute atomic E-state index is 6.94. The predicted molar refractivity (Wildman–Crippen MR) is 94.3 cm³/mol. The Morgan fingerprint density at radius 2 is 1.35 bits per heavy atom. The first kappa shape index (κ1) is 27.7. The minimum atomic E-state index is -0.250. The Morgan fingerprint density at radius 3 is 1.70 bits per heavy atom. The summed E-state index contributed by atoms with van der Waals surface area (Å²) in [6, 6.07) is 18.7. The maximum Gasteiger partial charge on any atom is 4.00 e. The molecule has 0 amide bonds. The van der Waals surface area contributed by atoms with Gasteiger partial charge in [-0.05, 0) is 11.0 Å². The molecule has 1 nitrogen and oxygen atoms in total. The third-order valence-corrected chi connectivity index (χ3v) is 1.77. The van der Waals surface area contributed by atoms with Crippen molar-refractivity contribution in [3.63, 3.8) is 0 Å². The van der Waals surface area contributed by atoms with Crippen molar-refractivity contribution in [2.75, 3.05) is 0 Å². The van der Waals surface area contributed by atoms with Crippen molar-refractivity contribution in [1.82, 2.24) is 0 Å². The van der Waals surface area contributed by atoms with Gasteiger partial charge in [0.15, 0.2) is 0 Å². The van der Waals surface area contributed by atoms with E-state index in [0.29, 0.717) is 0 Å². The Kier molecular flexibility index (Phi) is 18.7. The Bertz CT molecular complexity index is 385. The minimum absolute atomic E-state index is 0.